The summed E-state index contributed by atoms with van der Waals surface area (Å²) in [5.74, 6) is -0.133. The summed E-state index contributed by atoms with van der Waals surface area (Å²) in [6.45, 7) is 6.88. The van der Waals surface area contributed by atoms with Crippen molar-refractivity contribution in [3.05, 3.63) is 0 Å². The van der Waals surface area contributed by atoms with Gasteiger partial charge in [-0.25, -0.2) is 0 Å². The number of rotatable bonds is 2. The highest BCUT2D eigenvalue weighted by atomic mass is 16.1. The molecule has 0 aliphatic carbocycles. The van der Waals surface area contributed by atoms with Crippen molar-refractivity contribution < 1.29 is 4.79 Å². The number of Topliss-reactive ketones (excluding diaryl/α,β-unsaturated/α-hetero) is 1. The smallest absolute Gasteiger partial charge is 0.136 e. The molecule has 0 heterocycles. The third-order valence-electron chi connectivity index (χ3n) is 2.18. The van der Waals surface area contributed by atoms with E-state index in [-0.39, 0.29) is 11.7 Å². The van der Waals surface area contributed by atoms with Gasteiger partial charge in [-0.05, 0) is 13.8 Å². The molecule has 0 fully saturated rings. The number of hydrogen-bond donors (Lipinski definition) is 0. The number of nitrogens with zero attached hydrogens (tertiary/aromatic N) is 1. The summed E-state index contributed by atoms with van der Waals surface area (Å²) in [6, 6.07) is 2.07. The average molecular weight is 139 g/mol. The fraction of sp³-hybridized carbons (Fsp3) is 0.750. The van der Waals surface area contributed by atoms with E-state index < -0.39 is 5.41 Å². The molecule has 10 heavy (non-hydrogen) atoms. The minimum atomic E-state index is -0.491. The van der Waals surface area contributed by atoms with E-state index in [1.165, 1.54) is 6.92 Å². The molecule has 0 rings (SSSR count). The Bertz CT molecular complexity index is 176. The highest BCUT2D eigenvalue weighted by Gasteiger charge is 2.30. The second-order valence-corrected chi connectivity index (χ2v) is 3.13. The summed E-state index contributed by atoms with van der Waals surface area (Å²) in [7, 11) is 0. The molecule has 0 radical (unpaired) electrons. The lowest BCUT2D eigenvalue weighted by Gasteiger charge is -2.22. The van der Waals surface area contributed by atoms with Crippen LogP contribution in [0.3, 0.4) is 0 Å². The summed E-state index contributed by atoms with van der Waals surface area (Å²) >= 11 is 0. The summed E-state index contributed by atoms with van der Waals surface area (Å²) in [5, 5.41) is 8.52. The first kappa shape index (κ1) is 9.16. The van der Waals surface area contributed by atoms with Crippen molar-refractivity contribution in [2.24, 2.45) is 11.3 Å². The van der Waals surface area contributed by atoms with Crippen LogP contribution in [0.15, 0.2) is 0 Å². The quantitative estimate of drug-likeness (QED) is 0.585. The van der Waals surface area contributed by atoms with Gasteiger partial charge in [0.05, 0.1) is 12.0 Å². The van der Waals surface area contributed by atoms with Crippen LogP contribution >= 0.6 is 0 Å². The van der Waals surface area contributed by atoms with Gasteiger partial charge in [0.15, 0.2) is 0 Å². The molecule has 56 valence electrons. The fourth-order valence-electron chi connectivity index (χ4n) is 0.466. The van der Waals surface area contributed by atoms with Crippen LogP contribution in [-0.2, 0) is 4.79 Å². The highest BCUT2D eigenvalue weighted by Crippen LogP contribution is 2.26. The second kappa shape index (κ2) is 2.83. The van der Waals surface area contributed by atoms with Crippen molar-refractivity contribution in [1.29, 1.82) is 5.26 Å². The van der Waals surface area contributed by atoms with Gasteiger partial charge in [0.25, 0.3) is 0 Å². The summed E-state index contributed by atoms with van der Waals surface area (Å²) in [4.78, 5) is 10.9. The van der Waals surface area contributed by atoms with Crippen molar-refractivity contribution >= 4 is 5.78 Å². The first-order valence-electron chi connectivity index (χ1n) is 3.33. The molecule has 0 N–H and O–H groups in total. The maximum absolute atomic E-state index is 10.9. The van der Waals surface area contributed by atoms with Crippen molar-refractivity contribution in [3.63, 3.8) is 0 Å². The molecule has 0 amide bonds. The molecule has 0 spiro atoms. The Labute approximate surface area is 61.8 Å². The van der Waals surface area contributed by atoms with Crippen LogP contribution in [0.4, 0.5) is 0 Å². The van der Waals surface area contributed by atoms with Crippen molar-refractivity contribution in [2.45, 2.75) is 27.7 Å². The molecule has 1 unspecified atom stereocenters. The minimum absolute atomic E-state index is 0.0709. The lowest BCUT2D eigenvalue weighted by atomic mass is 9.78. The van der Waals surface area contributed by atoms with E-state index in [1.54, 1.807) is 20.8 Å². The van der Waals surface area contributed by atoms with Crippen LogP contribution in [0.1, 0.15) is 27.7 Å². The molecule has 0 aromatic rings. The van der Waals surface area contributed by atoms with E-state index in [4.69, 9.17) is 5.26 Å². The lowest BCUT2D eigenvalue weighted by Crippen LogP contribution is -2.28. The monoisotopic (exact) mass is 139 g/mol. The van der Waals surface area contributed by atoms with Crippen LogP contribution in [0.25, 0.3) is 0 Å². The fourth-order valence-corrected chi connectivity index (χ4v) is 0.466. The zero-order chi connectivity index (χ0) is 8.36. The zero-order valence-corrected chi connectivity index (χ0v) is 6.93. The number of carbonyl (C=O) groups is 1. The highest BCUT2D eigenvalue weighted by molar-refractivity contribution is 5.82. The molecule has 1 atom stereocenters. The maximum Gasteiger partial charge on any atom is 0.136 e. The predicted octanol–water partition coefficient (Wildman–Crippen LogP) is 1.76. The normalized spacial score (nSPS) is 13.9. The van der Waals surface area contributed by atoms with Gasteiger partial charge in [-0.15, -0.1) is 0 Å². The number of nitriles is 1. The Morgan fingerprint density at radius 3 is 2.10 bits per heavy atom. The second-order valence-electron chi connectivity index (χ2n) is 3.13. The van der Waals surface area contributed by atoms with Crippen molar-refractivity contribution in [1.82, 2.24) is 0 Å². The zero-order valence-electron chi connectivity index (χ0n) is 6.93. The Morgan fingerprint density at radius 2 is 2.00 bits per heavy atom. The minimum Gasteiger partial charge on any atom is -0.299 e. The summed E-state index contributed by atoms with van der Waals surface area (Å²) < 4.78 is 0. The van der Waals surface area contributed by atoms with Gasteiger partial charge in [0.1, 0.15) is 5.78 Å². The summed E-state index contributed by atoms with van der Waals surface area (Å²) in [6.07, 6.45) is 0. The van der Waals surface area contributed by atoms with Crippen LogP contribution in [0, 0.1) is 22.7 Å². The number of hydrogen-bond acceptors (Lipinski definition) is 2. The van der Waals surface area contributed by atoms with Crippen LogP contribution in [-0.4, -0.2) is 5.78 Å². The largest absolute Gasteiger partial charge is 0.299 e. The van der Waals surface area contributed by atoms with Crippen LogP contribution in [0.2, 0.25) is 0 Å². The van der Waals surface area contributed by atoms with E-state index in [0.717, 1.165) is 0 Å². The first-order chi connectivity index (χ1) is 4.42. The first-order valence-corrected chi connectivity index (χ1v) is 3.33. The molecular weight excluding hydrogens is 126 g/mol. The van der Waals surface area contributed by atoms with Gasteiger partial charge < -0.3 is 0 Å². The van der Waals surface area contributed by atoms with Gasteiger partial charge in [0.2, 0.25) is 0 Å². The molecule has 0 saturated heterocycles. The Hall–Kier alpha value is -0.840. The van der Waals surface area contributed by atoms with Gasteiger partial charge in [0, 0.05) is 5.41 Å². The van der Waals surface area contributed by atoms with E-state index >= 15 is 0 Å². The Kier molecular flexibility index (Phi) is 2.59. The molecule has 0 aromatic carbocycles. The number of ketones is 1. The van der Waals surface area contributed by atoms with Gasteiger partial charge in [-0.2, -0.15) is 5.26 Å². The topological polar surface area (TPSA) is 40.9 Å². The molecular formula is C8H13NO. The third kappa shape index (κ3) is 1.57. The standard InChI is InChI=1S/C8H13NO/c1-6(5-9)8(3,4)7(2)10/h6H,1-4H3. The Balaban J connectivity index is 4.43. The average Bonchev–Trinajstić information content (AvgIpc) is 1.86. The molecule has 0 aliphatic heterocycles. The molecule has 2 heteroatoms. The maximum atomic E-state index is 10.9. The molecule has 0 aliphatic rings. The Morgan fingerprint density at radius 1 is 1.60 bits per heavy atom. The SMILES string of the molecule is CC(=O)C(C)(C)C(C)C#N. The van der Waals surface area contributed by atoms with E-state index in [0.29, 0.717) is 0 Å². The van der Waals surface area contributed by atoms with E-state index in [2.05, 4.69) is 6.07 Å². The lowest BCUT2D eigenvalue weighted by molar-refractivity contribution is -0.126. The molecule has 2 nitrogen and oxygen atoms in total. The van der Waals surface area contributed by atoms with Gasteiger partial charge in [-0.1, -0.05) is 13.8 Å². The van der Waals surface area contributed by atoms with Gasteiger partial charge >= 0.3 is 0 Å². The number of carbonyl (C=O) groups excluding carboxylic acids is 1. The van der Waals surface area contributed by atoms with Crippen LogP contribution < -0.4 is 0 Å². The van der Waals surface area contributed by atoms with E-state index in [1.807, 2.05) is 0 Å². The third-order valence-corrected chi connectivity index (χ3v) is 2.18. The summed E-state index contributed by atoms with van der Waals surface area (Å²) in [5.41, 5.74) is -0.491. The van der Waals surface area contributed by atoms with Gasteiger partial charge in [-0.3, -0.25) is 4.79 Å². The van der Waals surface area contributed by atoms with Crippen molar-refractivity contribution in [3.8, 4) is 6.07 Å². The molecule has 0 saturated carbocycles. The molecule has 0 aromatic heterocycles. The van der Waals surface area contributed by atoms with Crippen molar-refractivity contribution in [2.75, 3.05) is 0 Å². The van der Waals surface area contributed by atoms with E-state index in [9.17, 15) is 4.79 Å². The molecule has 0 bridgehead atoms. The van der Waals surface area contributed by atoms with Crippen LogP contribution in [0.5, 0.6) is 0 Å². The predicted molar refractivity (Wildman–Crippen MR) is 39.2 cm³/mol.